The monoisotopic (exact) mass is 575 g/mol. The van der Waals surface area contributed by atoms with Gasteiger partial charge in [0.15, 0.2) is 0 Å². The lowest BCUT2D eigenvalue weighted by atomic mass is 10.1. The van der Waals surface area contributed by atoms with Crippen LogP contribution in [0.5, 0.6) is 0 Å². The first-order valence-corrected chi connectivity index (χ1v) is 14.4. The van der Waals surface area contributed by atoms with Crippen LogP contribution in [-0.2, 0) is 26.2 Å². The van der Waals surface area contributed by atoms with Gasteiger partial charge < -0.3 is 10.2 Å². The average molecular weight is 577 g/mol. The Balaban J connectivity index is 2.07. The smallest absolute Gasteiger partial charge is 0.264 e. The maximum Gasteiger partial charge on any atom is 0.264 e. The number of hydrogen-bond donors (Lipinski definition) is 1. The SMILES string of the molecule is CCNC(=O)[C@@H](CC)N(Cc1c(Cl)cccc1Cl)C(=O)CN(c1ccccc1)S(=O)(=O)c1ccc(C)cc1. The normalized spacial score (nSPS) is 12.0. The summed E-state index contributed by atoms with van der Waals surface area (Å²) in [5.41, 5.74) is 1.70. The highest BCUT2D eigenvalue weighted by atomic mass is 35.5. The number of carbonyl (C=O) groups is 2. The van der Waals surface area contributed by atoms with Crippen molar-refractivity contribution < 1.29 is 18.0 Å². The van der Waals surface area contributed by atoms with Crippen molar-refractivity contribution >= 4 is 50.7 Å². The first kappa shape index (κ1) is 29.5. The standard InChI is InChI=1S/C28H31Cl2N3O4S/c1-4-26(28(35)31-5-2)32(18-23-24(29)12-9-13-25(23)30)27(34)19-33(21-10-7-6-8-11-21)38(36,37)22-16-14-20(3)15-17-22/h6-17,26H,4-5,18-19H2,1-3H3,(H,31,35)/t26-/m1/s1. The van der Waals surface area contributed by atoms with Crippen LogP contribution in [0.2, 0.25) is 10.0 Å². The highest BCUT2D eigenvalue weighted by Gasteiger charge is 2.34. The van der Waals surface area contributed by atoms with Crippen molar-refractivity contribution in [3.05, 3.63) is 94.0 Å². The number of sulfonamides is 1. The van der Waals surface area contributed by atoms with Crippen molar-refractivity contribution in [2.45, 2.75) is 44.7 Å². The summed E-state index contributed by atoms with van der Waals surface area (Å²) in [7, 11) is -4.12. The number of nitrogens with one attached hydrogen (secondary N) is 1. The summed E-state index contributed by atoms with van der Waals surface area (Å²) >= 11 is 12.8. The Kier molecular flexibility index (Phi) is 10.2. The van der Waals surface area contributed by atoms with Gasteiger partial charge in [-0.15, -0.1) is 0 Å². The van der Waals surface area contributed by atoms with Crippen molar-refractivity contribution in [1.29, 1.82) is 0 Å². The van der Waals surface area contributed by atoms with E-state index in [2.05, 4.69) is 5.32 Å². The molecule has 0 aliphatic heterocycles. The second-order valence-electron chi connectivity index (χ2n) is 8.70. The second kappa shape index (κ2) is 13.1. The van der Waals surface area contributed by atoms with E-state index in [1.165, 1.54) is 17.0 Å². The van der Waals surface area contributed by atoms with Crippen molar-refractivity contribution in [2.24, 2.45) is 0 Å². The fraction of sp³-hybridized carbons (Fsp3) is 0.286. The molecule has 202 valence electrons. The molecular formula is C28H31Cl2N3O4S. The summed E-state index contributed by atoms with van der Waals surface area (Å²) in [6.45, 7) is 5.21. The van der Waals surface area contributed by atoms with Crippen LogP contribution in [0.25, 0.3) is 0 Å². The van der Waals surface area contributed by atoms with Crippen LogP contribution in [0.3, 0.4) is 0 Å². The van der Waals surface area contributed by atoms with Gasteiger partial charge in [-0.2, -0.15) is 0 Å². The van der Waals surface area contributed by atoms with E-state index in [0.29, 0.717) is 34.3 Å². The zero-order chi connectivity index (χ0) is 27.9. The van der Waals surface area contributed by atoms with E-state index in [-0.39, 0.29) is 17.3 Å². The number of halogens is 2. The van der Waals surface area contributed by atoms with E-state index in [0.717, 1.165) is 9.87 Å². The quantitative estimate of drug-likeness (QED) is 0.330. The molecule has 3 aromatic rings. The lowest BCUT2D eigenvalue weighted by molar-refractivity contribution is -0.140. The number of hydrogen-bond acceptors (Lipinski definition) is 4. The van der Waals surface area contributed by atoms with Crippen molar-refractivity contribution in [1.82, 2.24) is 10.2 Å². The van der Waals surface area contributed by atoms with Gasteiger partial charge in [0.25, 0.3) is 10.0 Å². The molecule has 1 N–H and O–H groups in total. The number of para-hydroxylation sites is 1. The third-order valence-electron chi connectivity index (χ3n) is 6.06. The van der Waals surface area contributed by atoms with Crippen molar-refractivity contribution in [2.75, 3.05) is 17.4 Å². The largest absolute Gasteiger partial charge is 0.355 e. The second-order valence-corrected chi connectivity index (χ2v) is 11.4. The number of carbonyl (C=O) groups excluding carboxylic acids is 2. The average Bonchev–Trinajstić information content (AvgIpc) is 2.89. The molecule has 0 saturated carbocycles. The Bertz CT molecular complexity index is 1350. The number of amides is 2. The zero-order valence-corrected chi connectivity index (χ0v) is 23.9. The van der Waals surface area contributed by atoms with Gasteiger partial charge >= 0.3 is 0 Å². The summed E-state index contributed by atoms with van der Waals surface area (Å²) in [5, 5.41) is 3.44. The summed E-state index contributed by atoms with van der Waals surface area (Å²) in [6.07, 6.45) is 0.301. The molecule has 2 amide bonds. The fourth-order valence-corrected chi connectivity index (χ4v) is 5.96. The Morgan fingerprint density at radius 3 is 2.05 bits per heavy atom. The molecule has 0 heterocycles. The van der Waals surface area contributed by atoms with Gasteiger partial charge in [0.2, 0.25) is 11.8 Å². The minimum Gasteiger partial charge on any atom is -0.355 e. The maximum absolute atomic E-state index is 13.9. The molecule has 3 aromatic carbocycles. The van der Waals surface area contributed by atoms with Gasteiger partial charge in [-0.05, 0) is 56.7 Å². The number of aryl methyl sites for hydroxylation is 1. The van der Waals surface area contributed by atoms with Crippen LogP contribution in [0.4, 0.5) is 5.69 Å². The molecule has 0 unspecified atom stereocenters. The summed E-state index contributed by atoms with van der Waals surface area (Å²) in [4.78, 5) is 28.3. The molecule has 0 aromatic heterocycles. The maximum atomic E-state index is 13.9. The van der Waals surface area contributed by atoms with Crippen LogP contribution in [0.15, 0.2) is 77.7 Å². The third kappa shape index (κ3) is 6.87. The molecule has 0 spiro atoms. The number of rotatable bonds is 11. The first-order chi connectivity index (χ1) is 18.1. The van der Waals surface area contributed by atoms with E-state index in [4.69, 9.17) is 23.2 Å². The molecule has 3 rings (SSSR count). The van der Waals surface area contributed by atoms with E-state index < -0.39 is 28.5 Å². The molecule has 38 heavy (non-hydrogen) atoms. The highest BCUT2D eigenvalue weighted by molar-refractivity contribution is 7.92. The summed E-state index contributed by atoms with van der Waals surface area (Å²) in [6, 6.07) is 18.9. The van der Waals surface area contributed by atoms with Gasteiger partial charge in [-0.25, -0.2) is 8.42 Å². The van der Waals surface area contributed by atoms with Crippen LogP contribution in [0, 0.1) is 6.92 Å². The van der Waals surface area contributed by atoms with Gasteiger partial charge in [-0.1, -0.05) is 72.1 Å². The van der Waals surface area contributed by atoms with Gasteiger partial charge in [0, 0.05) is 28.7 Å². The van der Waals surface area contributed by atoms with Crippen LogP contribution >= 0.6 is 23.2 Å². The van der Waals surface area contributed by atoms with E-state index in [1.54, 1.807) is 74.5 Å². The zero-order valence-electron chi connectivity index (χ0n) is 21.5. The fourth-order valence-electron chi connectivity index (χ4n) is 4.03. The number of nitrogens with zero attached hydrogens (tertiary/aromatic N) is 2. The molecule has 10 heteroatoms. The van der Waals surface area contributed by atoms with Crippen molar-refractivity contribution in [3.63, 3.8) is 0 Å². The minimum atomic E-state index is -4.12. The lowest BCUT2D eigenvalue weighted by Gasteiger charge is -2.33. The topological polar surface area (TPSA) is 86.8 Å². The first-order valence-electron chi connectivity index (χ1n) is 12.2. The van der Waals surface area contributed by atoms with E-state index in [9.17, 15) is 18.0 Å². The number of benzene rings is 3. The number of likely N-dealkylation sites (N-methyl/N-ethyl adjacent to an activating group) is 1. The Morgan fingerprint density at radius 1 is 0.895 bits per heavy atom. The molecule has 1 atom stereocenters. The third-order valence-corrected chi connectivity index (χ3v) is 8.56. The summed E-state index contributed by atoms with van der Waals surface area (Å²) < 4.78 is 28.6. The van der Waals surface area contributed by atoms with Gasteiger partial charge in [0.05, 0.1) is 10.6 Å². The van der Waals surface area contributed by atoms with Crippen LogP contribution in [-0.4, -0.2) is 44.3 Å². The predicted molar refractivity (Wildman–Crippen MR) is 152 cm³/mol. The molecular weight excluding hydrogens is 545 g/mol. The molecule has 0 bridgehead atoms. The Morgan fingerprint density at radius 2 is 1.50 bits per heavy atom. The van der Waals surface area contributed by atoms with E-state index in [1.807, 2.05) is 6.92 Å². The van der Waals surface area contributed by atoms with Crippen LogP contribution in [0.1, 0.15) is 31.4 Å². The predicted octanol–water partition coefficient (Wildman–Crippen LogP) is 5.44. The molecule has 0 aliphatic carbocycles. The molecule has 0 saturated heterocycles. The van der Waals surface area contributed by atoms with Crippen molar-refractivity contribution in [3.8, 4) is 0 Å². The molecule has 0 fully saturated rings. The summed E-state index contributed by atoms with van der Waals surface area (Å²) in [5.74, 6) is -0.919. The van der Waals surface area contributed by atoms with E-state index >= 15 is 0 Å². The molecule has 7 nitrogen and oxygen atoms in total. The lowest BCUT2D eigenvalue weighted by Crippen LogP contribution is -2.52. The van der Waals surface area contributed by atoms with Gasteiger partial charge in [-0.3, -0.25) is 13.9 Å². The highest BCUT2D eigenvalue weighted by Crippen LogP contribution is 2.28. The minimum absolute atomic E-state index is 0.0521. The Hall–Kier alpha value is -3.07. The molecule has 0 radical (unpaired) electrons. The molecule has 0 aliphatic rings. The van der Waals surface area contributed by atoms with Crippen LogP contribution < -0.4 is 9.62 Å². The number of anilines is 1. The Labute approximate surface area is 234 Å². The van der Waals surface area contributed by atoms with Gasteiger partial charge in [0.1, 0.15) is 12.6 Å².